The van der Waals surface area contributed by atoms with Gasteiger partial charge in [0.2, 0.25) is 5.91 Å². The Morgan fingerprint density at radius 3 is 2.65 bits per heavy atom. The summed E-state index contributed by atoms with van der Waals surface area (Å²) in [5.74, 6) is -0.418. The average Bonchev–Trinajstić information content (AvgIpc) is 2.84. The smallest absolute Gasteiger partial charge is 0.227 e. The Hall–Kier alpha value is -1.39. The van der Waals surface area contributed by atoms with Crippen LogP contribution in [0.1, 0.15) is 17.4 Å². The Morgan fingerprint density at radius 1 is 1.30 bits per heavy atom. The number of carbonyl (C=O) groups excluding carboxylic acids is 1. The molecule has 0 bridgehead atoms. The first kappa shape index (κ1) is 15.0. The first-order valence-corrected chi connectivity index (χ1v) is 7.55. The molecule has 0 unspecified atom stereocenters. The molecular weight excluding hydrogens is 297 g/mol. The number of halogens is 2. The third-order valence-corrected chi connectivity index (χ3v) is 4.23. The minimum Gasteiger partial charge on any atom is -0.338 e. The lowest BCUT2D eigenvalue weighted by Gasteiger charge is -2.20. The SMILES string of the molecule is CCN(Cc1ccc(Cl)s1)C(=O)Cc1ccccc1F. The van der Waals surface area contributed by atoms with E-state index in [1.165, 1.54) is 17.4 Å². The van der Waals surface area contributed by atoms with Crippen LogP contribution in [0.3, 0.4) is 0 Å². The van der Waals surface area contributed by atoms with Gasteiger partial charge in [-0.15, -0.1) is 11.3 Å². The third-order valence-electron chi connectivity index (χ3n) is 3.01. The van der Waals surface area contributed by atoms with Crippen molar-refractivity contribution in [2.24, 2.45) is 0 Å². The van der Waals surface area contributed by atoms with E-state index in [1.54, 1.807) is 23.1 Å². The molecule has 1 aromatic heterocycles. The second-order valence-corrected chi connectivity index (χ2v) is 6.18. The van der Waals surface area contributed by atoms with E-state index in [4.69, 9.17) is 11.6 Å². The first-order chi connectivity index (χ1) is 9.60. The minimum atomic E-state index is -0.337. The molecule has 0 radical (unpaired) electrons. The van der Waals surface area contributed by atoms with Crippen LogP contribution >= 0.6 is 22.9 Å². The molecule has 0 spiro atoms. The molecule has 0 saturated heterocycles. The summed E-state index contributed by atoms with van der Waals surface area (Å²) in [6, 6.07) is 10.1. The van der Waals surface area contributed by atoms with Gasteiger partial charge in [-0.25, -0.2) is 4.39 Å². The van der Waals surface area contributed by atoms with Gasteiger partial charge in [-0.05, 0) is 30.7 Å². The van der Waals surface area contributed by atoms with E-state index in [0.29, 0.717) is 23.0 Å². The second kappa shape index (κ2) is 6.86. The molecule has 106 valence electrons. The normalized spacial score (nSPS) is 10.6. The number of nitrogens with zero attached hydrogens (tertiary/aromatic N) is 1. The summed E-state index contributed by atoms with van der Waals surface area (Å²) in [5.41, 5.74) is 0.431. The molecular formula is C15H15ClFNOS. The summed E-state index contributed by atoms with van der Waals surface area (Å²) in [5, 5.41) is 0. The Bertz CT molecular complexity index is 599. The molecule has 2 aromatic rings. The Kier molecular flexibility index (Phi) is 5.15. The standard InChI is InChI=1S/C15H15ClFNOS/c1-2-18(10-12-7-8-14(16)20-12)15(19)9-11-5-3-4-6-13(11)17/h3-8H,2,9-10H2,1H3. The predicted molar refractivity (Wildman–Crippen MR) is 80.5 cm³/mol. The summed E-state index contributed by atoms with van der Waals surface area (Å²) >= 11 is 7.34. The number of hydrogen-bond acceptors (Lipinski definition) is 2. The topological polar surface area (TPSA) is 20.3 Å². The molecule has 0 aliphatic rings. The van der Waals surface area contributed by atoms with Crippen LogP contribution in [0.2, 0.25) is 4.34 Å². The lowest BCUT2D eigenvalue weighted by Crippen LogP contribution is -2.31. The fourth-order valence-electron chi connectivity index (χ4n) is 1.92. The van der Waals surface area contributed by atoms with Crippen molar-refractivity contribution in [3.63, 3.8) is 0 Å². The molecule has 1 aromatic carbocycles. The van der Waals surface area contributed by atoms with Crippen molar-refractivity contribution < 1.29 is 9.18 Å². The second-order valence-electron chi connectivity index (χ2n) is 4.38. The van der Waals surface area contributed by atoms with E-state index in [0.717, 1.165) is 4.88 Å². The minimum absolute atomic E-state index is 0.0814. The van der Waals surface area contributed by atoms with E-state index >= 15 is 0 Å². The zero-order valence-corrected chi connectivity index (χ0v) is 12.7. The van der Waals surface area contributed by atoms with Crippen molar-refractivity contribution in [2.75, 3.05) is 6.54 Å². The number of hydrogen-bond donors (Lipinski definition) is 0. The van der Waals surface area contributed by atoms with Gasteiger partial charge >= 0.3 is 0 Å². The summed E-state index contributed by atoms with van der Waals surface area (Å²) in [6.45, 7) is 3.01. The highest BCUT2D eigenvalue weighted by Crippen LogP contribution is 2.23. The van der Waals surface area contributed by atoms with E-state index < -0.39 is 0 Å². The van der Waals surface area contributed by atoms with E-state index in [-0.39, 0.29) is 18.1 Å². The number of amides is 1. The van der Waals surface area contributed by atoms with Crippen LogP contribution in [0, 0.1) is 5.82 Å². The van der Waals surface area contributed by atoms with Gasteiger partial charge in [0, 0.05) is 11.4 Å². The van der Waals surface area contributed by atoms with Crippen LogP contribution in [-0.2, 0) is 17.8 Å². The van der Waals surface area contributed by atoms with Crippen LogP contribution in [-0.4, -0.2) is 17.4 Å². The fraction of sp³-hybridized carbons (Fsp3) is 0.267. The van der Waals surface area contributed by atoms with Crippen LogP contribution in [0.15, 0.2) is 36.4 Å². The third kappa shape index (κ3) is 3.81. The lowest BCUT2D eigenvalue weighted by molar-refractivity contribution is -0.130. The number of likely N-dealkylation sites (N-methyl/N-ethyl adjacent to an activating group) is 1. The van der Waals surface area contributed by atoms with Crippen molar-refractivity contribution >= 4 is 28.8 Å². The van der Waals surface area contributed by atoms with Gasteiger partial charge in [0.15, 0.2) is 0 Å². The van der Waals surface area contributed by atoms with Crippen LogP contribution in [0.5, 0.6) is 0 Å². The number of thiophene rings is 1. The maximum absolute atomic E-state index is 13.6. The Labute approximate surface area is 126 Å². The highest BCUT2D eigenvalue weighted by atomic mass is 35.5. The number of carbonyl (C=O) groups is 1. The van der Waals surface area contributed by atoms with Gasteiger partial charge < -0.3 is 4.90 Å². The Balaban J connectivity index is 2.04. The van der Waals surface area contributed by atoms with Crippen LogP contribution < -0.4 is 0 Å². The van der Waals surface area contributed by atoms with E-state index in [1.807, 2.05) is 19.1 Å². The molecule has 5 heteroatoms. The van der Waals surface area contributed by atoms with Crippen molar-refractivity contribution in [3.8, 4) is 0 Å². The maximum atomic E-state index is 13.6. The molecule has 0 aliphatic carbocycles. The highest BCUT2D eigenvalue weighted by Gasteiger charge is 2.15. The van der Waals surface area contributed by atoms with Gasteiger partial charge in [0.1, 0.15) is 5.82 Å². The van der Waals surface area contributed by atoms with Crippen LogP contribution in [0.4, 0.5) is 4.39 Å². The van der Waals surface area contributed by atoms with Crippen LogP contribution in [0.25, 0.3) is 0 Å². The van der Waals surface area contributed by atoms with E-state index in [9.17, 15) is 9.18 Å². The molecule has 0 N–H and O–H groups in total. The molecule has 2 nitrogen and oxygen atoms in total. The molecule has 0 saturated carbocycles. The summed E-state index contributed by atoms with van der Waals surface area (Å²) in [7, 11) is 0. The predicted octanol–water partition coefficient (Wildman–Crippen LogP) is 4.13. The lowest BCUT2D eigenvalue weighted by atomic mass is 10.1. The molecule has 1 heterocycles. The first-order valence-electron chi connectivity index (χ1n) is 6.35. The van der Waals surface area contributed by atoms with Gasteiger partial charge in [0.05, 0.1) is 17.3 Å². The zero-order valence-electron chi connectivity index (χ0n) is 11.1. The molecule has 0 atom stereocenters. The molecule has 0 aliphatic heterocycles. The molecule has 20 heavy (non-hydrogen) atoms. The maximum Gasteiger partial charge on any atom is 0.227 e. The Morgan fingerprint density at radius 2 is 2.05 bits per heavy atom. The summed E-state index contributed by atoms with van der Waals surface area (Å²) < 4.78 is 14.3. The quantitative estimate of drug-likeness (QED) is 0.813. The molecule has 0 fully saturated rings. The summed E-state index contributed by atoms with van der Waals surface area (Å²) in [4.78, 5) is 15.0. The van der Waals surface area contributed by atoms with E-state index in [2.05, 4.69) is 0 Å². The number of benzene rings is 1. The van der Waals surface area contributed by atoms with Gasteiger partial charge in [-0.2, -0.15) is 0 Å². The van der Waals surface area contributed by atoms with Gasteiger partial charge in [0.25, 0.3) is 0 Å². The average molecular weight is 312 g/mol. The molecule has 2 rings (SSSR count). The highest BCUT2D eigenvalue weighted by molar-refractivity contribution is 7.16. The van der Waals surface area contributed by atoms with Crippen molar-refractivity contribution in [1.82, 2.24) is 4.90 Å². The molecule has 1 amide bonds. The van der Waals surface area contributed by atoms with Crippen molar-refractivity contribution in [3.05, 3.63) is 57.0 Å². The van der Waals surface area contributed by atoms with Crippen molar-refractivity contribution in [1.29, 1.82) is 0 Å². The monoisotopic (exact) mass is 311 g/mol. The van der Waals surface area contributed by atoms with Gasteiger partial charge in [-0.3, -0.25) is 4.79 Å². The zero-order chi connectivity index (χ0) is 14.5. The number of rotatable bonds is 5. The summed E-state index contributed by atoms with van der Waals surface area (Å²) in [6.07, 6.45) is 0.0830. The fourth-order valence-corrected chi connectivity index (χ4v) is 3.02. The largest absolute Gasteiger partial charge is 0.338 e. The van der Waals surface area contributed by atoms with Crippen molar-refractivity contribution in [2.45, 2.75) is 19.9 Å². The van der Waals surface area contributed by atoms with Gasteiger partial charge in [-0.1, -0.05) is 29.8 Å².